The lowest BCUT2D eigenvalue weighted by atomic mass is 9.96. The monoisotopic (exact) mass is 466 g/mol. The van der Waals surface area contributed by atoms with E-state index in [0.29, 0.717) is 29.0 Å². The first-order chi connectivity index (χ1) is 15.4. The molecule has 4 aromatic rings. The number of nitroso groups, excluding NO2 is 1. The first-order valence-corrected chi connectivity index (χ1v) is 13.2. The number of H-pyrrole nitrogens is 1. The number of hydrogen-bond donors (Lipinski definition) is 1. The van der Waals surface area contributed by atoms with Crippen LogP contribution >= 0.6 is 11.3 Å². The number of hydrogen-bond acceptors (Lipinski definition) is 6. The Morgan fingerprint density at radius 2 is 1.78 bits per heavy atom. The van der Waals surface area contributed by atoms with Gasteiger partial charge in [-0.25, -0.2) is 4.31 Å². The van der Waals surface area contributed by atoms with Gasteiger partial charge in [0.2, 0.25) is 0 Å². The fourth-order valence-corrected chi connectivity index (χ4v) is 6.11. The van der Waals surface area contributed by atoms with Gasteiger partial charge < -0.3 is 9.88 Å². The summed E-state index contributed by atoms with van der Waals surface area (Å²) < 4.78 is 14.8. The van der Waals surface area contributed by atoms with Gasteiger partial charge in [0.25, 0.3) is 5.56 Å². The van der Waals surface area contributed by atoms with Crippen molar-refractivity contribution in [2.75, 3.05) is 37.3 Å². The number of aromatic nitrogens is 1. The van der Waals surface area contributed by atoms with E-state index < -0.39 is 9.71 Å². The lowest BCUT2D eigenvalue weighted by Gasteiger charge is -2.36. The van der Waals surface area contributed by atoms with Crippen molar-refractivity contribution in [2.24, 2.45) is 5.18 Å². The third-order valence-corrected chi connectivity index (χ3v) is 8.35. The molecule has 1 N–H and O–H groups in total. The minimum Gasteiger partial charge on any atom is -0.369 e. The van der Waals surface area contributed by atoms with E-state index in [-0.39, 0.29) is 5.56 Å². The SMILES string of the molecule is C=S(C)(=O)N1CCN(c2ccc(-c3c(N=O)ccc4[nH]c(=O)c5sccc5c34)cc2)CC1. The normalized spacial score (nSPS) is 17.0. The zero-order valence-corrected chi connectivity index (χ0v) is 19.2. The van der Waals surface area contributed by atoms with Crippen molar-refractivity contribution in [3.63, 3.8) is 0 Å². The zero-order valence-electron chi connectivity index (χ0n) is 17.5. The molecule has 2 aromatic heterocycles. The Balaban J connectivity index is 1.56. The lowest BCUT2D eigenvalue weighted by molar-refractivity contribution is 0.410. The van der Waals surface area contributed by atoms with Gasteiger partial charge in [-0.2, -0.15) is 0 Å². The van der Waals surface area contributed by atoms with Crippen LogP contribution in [0.2, 0.25) is 0 Å². The summed E-state index contributed by atoms with van der Waals surface area (Å²) in [7, 11) is -2.18. The highest BCUT2D eigenvalue weighted by Gasteiger charge is 2.21. The number of aromatic amines is 1. The largest absolute Gasteiger partial charge is 0.369 e. The molecular weight excluding hydrogens is 444 g/mol. The maximum atomic E-state index is 12.4. The molecule has 0 radical (unpaired) electrons. The molecular formula is C23H22N4O3S2. The number of rotatable bonds is 4. The van der Waals surface area contributed by atoms with Gasteiger partial charge in [0.05, 0.1) is 0 Å². The number of piperazine rings is 1. The van der Waals surface area contributed by atoms with Gasteiger partial charge in [-0.1, -0.05) is 12.1 Å². The molecule has 0 amide bonds. The van der Waals surface area contributed by atoms with Crippen molar-refractivity contribution >= 4 is 59.3 Å². The first kappa shape index (κ1) is 20.9. The van der Waals surface area contributed by atoms with Crippen LogP contribution in [0, 0.1) is 4.91 Å². The topological polar surface area (TPSA) is 85.8 Å². The molecule has 5 rings (SSSR count). The fourth-order valence-electron chi connectivity index (χ4n) is 4.38. The second-order valence-electron chi connectivity index (χ2n) is 8.01. The summed E-state index contributed by atoms with van der Waals surface area (Å²) in [4.78, 5) is 29.2. The molecule has 3 heterocycles. The second kappa shape index (κ2) is 7.84. The van der Waals surface area contributed by atoms with E-state index in [9.17, 15) is 13.9 Å². The van der Waals surface area contributed by atoms with Crippen LogP contribution in [0.15, 0.2) is 57.8 Å². The van der Waals surface area contributed by atoms with E-state index in [2.05, 4.69) is 20.9 Å². The van der Waals surface area contributed by atoms with E-state index in [0.717, 1.165) is 40.7 Å². The second-order valence-corrected chi connectivity index (χ2v) is 11.4. The summed E-state index contributed by atoms with van der Waals surface area (Å²) >= 11 is 1.38. The zero-order chi connectivity index (χ0) is 22.5. The molecule has 0 spiro atoms. The minimum absolute atomic E-state index is 0.131. The Bertz CT molecular complexity index is 1500. The fraction of sp³-hybridized carbons (Fsp3) is 0.217. The van der Waals surface area contributed by atoms with Crippen LogP contribution in [-0.4, -0.2) is 51.8 Å². The maximum Gasteiger partial charge on any atom is 0.266 e. The van der Waals surface area contributed by atoms with Crippen LogP contribution in [0.1, 0.15) is 0 Å². The van der Waals surface area contributed by atoms with E-state index in [4.69, 9.17) is 0 Å². The van der Waals surface area contributed by atoms with Crippen molar-refractivity contribution in [2.45, 2.75) is 0 Å². The molecule has 1 aliphatic rings. The molecule has 7 nitrogen and oxygen atoms in total. The Morgan fingerprint density at radius 3 is 2.44 bits per heavy atom. The average molecular weight is 467 g/mol. The number of thiophene rings is 1. The molecule has 1 atom stereocenters. The van der Waals surface area contributed by atoms with Gasteiger partial charge in [-0.3, -0.25) is 9.00 Å². The van der Waals surface area contributed by atoms with E-state index in [1.807, 2.05) is 40.0 Å². The summed E-state index contributed by atoms with van der Waals surface area (Å²) in [5, 5.41) is 6.80. The van der Waals surface area contributed by atoms with Crippen molar-refractivity contribution in [3.05, 3.63) is 63.1 Å². The van der Waals surface area contributed by atoms with E-state index in [1.165, 1.54) is 11.3 Å². The Morgan fingerprint density at radius 1 is 1.06 bits per heavy atom. The van der Waals surface area contributed by atoms with Gasteiger partial charge >= 0.3 is 0 Å². The molecule has 1 aliphatic heterocycles. The first-order valence-electron chi connectivity index (χ1n) is 10.2. The van der Waals surface area contributed by atoms with Crippen molar-refractivity contribution in [3.8, 4) is 11.1 Å². The molecule has 2 aromatic carbocycles. The number of nitrogens with zero attached hydrogens (tertiary/aromatic N) is 3. The maximum absolute atomic E-state index is 12.4. The van der Waals surface area contributed by atoms with Gasteiger partial charge in [-0.05, 0) is 52.3 Å². The van der Waals surface area contributed by atoms with Gasteiger partial charge in [0, 0.05) is 69.7 Å². The Labute approximate surface area is 189 Å². The van der Waals surface area contributed by atoms with Crippen molar-refractivity contribution < 1.29 is 4.21 Å². The Kier molecular flexibility index (Phi) is 5.11. The Hall–Kier alpha value is -3.01. The number of fused-ring (bicyclic) bond motifs is 3. The number of pyridine rings is 1. The van der Waals surface area contributed by atoms with Gasteiger partial charge in [0.1, 0.15) is 10.4 Å². The van der Waals surface area contributed by atoms with Gasteiger partial charge in [-0.15, -0.1) is 16.2 Å². The standard InChI is InChI=1S/C23H22N4O3S2/c1-32(2,30)27-12-10-26(11-13-27)16-5-3-15(4-6-16)20-19(25-29)8-7-18-21(20)17-9-14-31-22(17)23(28)24-18/h3-9,14H,1,10-13H2,2H3,(H,24,28). The summed E-state index contributed by atoms with van der Waals surface area (Å²) in [6.45, 7) is 2.94. The predicted molar refractivity (Wildman–Crippen MR) is 136 cm³/mol. The molecule has 32 heavy (non-hydrogen) atoms. The molecule has 0 aliphatic carbocycles. The quantitative estimate of drug-likeness (QED) is 0.361. The summed E-state index contributed by atoms with van der Waals surface area (Å²) in [6, 6.07) is 13.3. The van der Waals surface area contributed by atoms with E-state index in [1.54, 1.807) is 18.4 Å². The lowest BCUT2D eigenvalue weighted by Crippen LogP contribution is -2.48. The minimum atomic E-state index is -2.18. The van der Waals surface area contributed by atoms with Crippen LogP contribution < -0.4 is 10.5 Å². The molecule has 1 unspecified atom stereocenters. The van der Waals surface area contributed by atoms with Crippen molar-refractivity contribution in [1.29, 1.82) is 0 Å². The molecule has 0 bridgehead atoms. The number of benzene rings is 2. The number of nitrogens with one attached hydrogen (secondary N) is 1. The third-order valence-electron chi connectivity index (χ3n) is 5.98. The molecule has 9 heteroatoms. The van der Waals surface area contributed by atoms with Gasteiger partial charge in [0.15, 0.2) is 0 Å². The average Bonchev–Trinajstić information content (AvgIpc) is 3.29. The predicted octanol–water partition coefficient (Wildman–Crippen LogP) is 4.19. The van der Waals surface area contributed by atoms with Crippen LogP contribution in [0.3, 0.4) is 0 Å². The summed E-state index contributed by atoms with van der Waals surface area (Å²) in [5.41, 5.74) is 3.53. The van der Waals surface area contributed by atoms with Crippen LogP contribution in [0.5, 0.6) is 0 Å². The highest BCUT2D eigenvalue weighted by Crippen LogP contribution is 2.40. The molecule has 1 saturated heterocycles. The van der Waals surface area contributed by atoms with Crippen LogP contribution in [0.25, 0.3) is 32.1 Å². The van der Waals surface area contributed by atoms with E-state index >= 15 is 0 Å². The number of anilines is 1. The highest BCUT2D eigenvalue weighted by atomic mass is 32.2. The third kappa shape index (κ3) is 3.52. The molecule has 1 fully saturated rings. The smallest absolute Gasteiger partial charge is 0.266 e. The highest BCUT2D eigenvalue weighted by molar-refractivity contribution is 7.97. The van der Waals surface area contributed by atoms with Crippen LogP contribution in [-0.2, 0) is 9.71 Å². The van der Waals surface area contributed by atoms with Crippen LogP contribution in [0.4, 0.5) is 11.4 Å². The molecule has 0 saturated carbocycles. The molecule has 164 valence electrons. The summed E-state index contributed by atoms with van der Waals surface area (Å²) in [5.74, 6) is 3.78. The van der Waals surface area contributed by atoms with Crippen molar-refractivity contribution in [1.82, 2.24) is 9.29 Å². The summed E-state index contributed by atoms with van der Waals surface area (Å²) in [6.07, 6.45) is 1.68.